The van der Waals surface area contributed by atoms with Crippen molar-refractivity contribution in [3.05, 3.63) is 34.7 Å². The molecule has 0 aromatic heterocycles. The molecule has 128 valence electrons. The van der Waals surface area contributed by atoms with Crippen LogP contribution in [-0.4, -0.2) is 48.8 Å². The van der Waals surface area contributed by atoms with E-state index in [4.69, 9.17) is 4.74 Å². The van der Waals surface area contributed by atoms with Crippen LogP contribution in [0.2, 0.25) is 0 Å². The monoisotopic (exact) mass is 348 g/mol. The highest BCUT2D eigenvalue weighted by Gasteiger charge is 2.36. The highest BCUT2D eigenvalue weighted by Crippen LogP contribution is 2.32. The number of rotatable bonds is 5. The summed E-state index contributed by atoms with van der Waals surface area (Å²) in [5, 5.41) is -0.461. The van der Waals surface area contributed by atoms with E-state index in [0.717, 1.165) is 27.9 Å². The van der Waals surface area contributed by atoms with E-state index in [1.54, 1.807) is 19.9 Å². The van der Waals surface area contributed by atoms with Crippen LogP contribution in [0, 0.1) is 0 Å². The highest BCUT2D eigenvalue weighted by molar-refractivity contribution is 8.18. The first-order chi connectivity index (χ1) is 11.3. The van der Waals surface area contributed by atoms with E-state index in [0.29, 0.717) is 4.91 Å². The fourth-order valence-electron chi connectivity index (χ4n) is 2.09. The van der Waals surface area contributed by atoms with Gasteiger partial charge in [-0.2, -0.15) is 0 Å². The van der Waals surface area contributed by atoms with E-state index in [-0.39, 0.29) is 12.6 Å². The van der Waals surface area contributed by atoms with Gasteiger partial charge in [0.15, 0.2) is 0 Å². The first-order valence-corrected chi connectivity index (χ1v) is 8.32. The van der Waals surface area contributed by atoms with Gasteiger partial charge in [0.25, 0.3) is 11.1 Å². The molecule has 0 radical (unpaired) electrons. The molecule has 0 spiro atoms. The molecule has 2 rings (SSSR count). The number of thioether (sulfide) groups is 1. The van der Waals surface area contributed by atoms with Crippen molar-refractivity contribution in [1.29, 1.82) is 0 Å². The number of carbonyl (C=O) groups is 3. The van der Waals surface area contributed by atoms with Crippen molar-refractivity contribution in [2.24, 2.45) is 0 Å². The average Bonchev–Trinajstić information content (AvgIpc) is 2.74. The molecule has 1 aromatic rings. The molecular formula is C17H20N2O4S. The summed E-state index contributed by atoms with van der Waals surface area (Å²) in [6, 6.07) is 7.60. The lowest BCUT2D eigenvalue weighted by atomic mass is 10.2. The van der Waals surface area contributed by atoms with Crippen molar-refractivity contribution in [2.45, 2.75) is 20.0 Å². The smallest absolute Gasteiger partial charge is 0.326 e. The van der Waals surface area contributed by atoms with Gasteiger partial charge in [-0.25, -0.2) is 0 Å². The standard InChI is InChI=1S/C17H20N2O4S/c1-11(2)23-15(20)10-19-16(21)14(24-17(19)22)9-12-5-7-13(8-6-12)18(3)4/h5-9,11H,10H2,1-4H3/b14-9+. The Kier molecular flexibility index (Phi) is 5.66. The first-order valence-electron chi connectivity index (χ1n) is 7.50. The van der Waals surface area contributed by atoms with E-state index in [2.05, 4.69) is 0 Å². The van der Waals surface area contributed by atoms with Crippen LogP contribution < -0.4 is 4.90 Å². The lowest BCUT2D eigenvalue weighted by Gasteiger charge is -2.13. The molecule has 1 aliphatic rings. The number of carbonyl (C=O) groups excluding carboxylic acids is 3. The molecule has 0 atom stereocenters. The van der Waals surface area contributed by atoms with Crippen LogP contribution in [0.4, 0.5) is 10.5 Å². The second-order valence-corrected chi connectivity index (χ2v) is 6.79. The van der Waals surface area contributed by atoms with Crippen LogP contribution in [-0.2, 0) is 14.3 Å². The largest absolute Gasteiger partial charge is 0.462 e. The fraction of sp³-hybridized carbons (Fsp3) is 0.353. The molecule has 1 fully saturated rings. The lowest BCUT2D eigenvalue weighted by molar-refractivity contribution is -0.149. The average molecular weight is 348 g/mol. The Hall–Kier alpha value is -2.28. The number of benzene rings is 1. The number of ether oxygens (including phenoxy) is 1. The number of hydrogen-bond donors (Lipinski definition) is 0. The Labute approximate surface area is 145 Å². The molecule has 0 unspecified atom stereocenters. The molecule has 0 N–H and O–H groups in total. The maximum Gasteiger partial charge on any atom is 0.326 e. The van der Waals surface area contributed by atoms with Crippen molar-refractivity contribution >= 4 is 40.6 Å². The van der Waals surface area contributed by atoms with E-state index in [1.165, 1.54) is 0 Å². The van der Waals surface area contributed by atoms with E-state index >= 15 is 0 Å². The molecule has 0 aliphatic carbocycles. The number of anilines is 1. The molecule has 24 heavy (non-hydrogen) atoms. The van der Waals surface area contributed by atoms with Gasteiger partial charge >= 0.3 is 5.97 Å². The van der Waals surface area contributed by atoms with Gasteiger partial charge in [0.1, 0.15) is 6.54 Å². The first kappa shape index (κ1) is 18.1. The zero-order valence-electron chi connectivity index (χ0n) is 14.1. The number of esters is 1. The summed E-state index contributed by atoms with van der Waals surface area (Å²) in [4.78, 5) is 39.1. The van der Waals surface area contributed by atoms with Crippen molar-refractivity contribution in [3.63, 3.8) is 0 Å². The van der Waals surface area contributed by atoms with Gasteiger partial charge in [-0.3, -0.25) is 19.3 Å². The molecule has 6 nitrogen and oxygen atoms in total. The minimum Gasteiger partial charge on any atom is -0.462 e. The maximum atomic E-state index is 12.3. The Morgan fingerprint density at radius 3 is 2.42 bits per heavy atom. The van der Waals surface area contributed by atoms with E-state index < -0.39 is 17.1 Å². The van der Waals surface area contributed by atoms with Crippen LogP contribution in [0.25, 0.3) is 6.08 Å². The Bertz CT molecular complexity index is 680. The van der Waals surface area contributed by atoms with Crippen LogP contribution in [0.3, 0.4) is 0 Å². The Morgan fingerprint density at radius 2 is 1.88 bits per heavy atom. The van der Waals surface area contributed by atoms with Crippen molar-refractivity contribution < 1.29 is 19.1 Å². The molecule has 1 heterocycles. The summed E-state index contributed by atoms with van der Waals surface area (Å²) in [6.45, 7) is 3.06. The quantitative estimate of drug-likeness (QED) is 0.602. The van der Waals surface area contributed by atoms with Crippen LogP contribution in [0.1, 0.15) is 19.4 Å². The van der Waals surface area contributed by atoms with Gasteiger partial charge < -0.3 is 9.64 Å². The highest BCUT2D eigenvalue weighted by atomic mass is 32.2. The summed E-state index contributed by atoms with van der Waals surface area (Å²) in [7, 11) is 3.88. The van der Waals surface area contributed by atoms with Crippen molar-refractivity contribution in [2.75, 3.05) is 25.5 Å². The number of imide groups is 1. The second-order valence-electron chi connectivity index (χ2n) is 5.79. The van der Waals surface area contributed by atoms with Crippen molar-refractivity contribution in [3.8, 4) is 0 Å². The topological polar surface area (TPSA) is 66.9 Å². The summed E-state index contributed by atoms with van der Waals surface area (Å²) in [5.74, 6) is -1.06. The predicted octanol–water partition coefficient (Wildman–Crippen LogP) is 2.74. The summed E-state index contributed by atoms with van der Waals surface area (Å²) >= 11 is 0.828. The molecule has 1 aliphatic heterocycles. The van der Waals surface area contributed by atoms with E-state index in [1.807, 2.05) is 43.3 Å². The fourth-order valence-corrected chi connectivity index (χ4v) is 2.92. The van der Waals surface area contributed by atoms with Crippen LogP contribution in [0.5, 0.6) is 0 Å². The summed E-state index contributed by atoms with van der Waals surface area (Å²) in [6.07, 6.45) is 1.36. The summed E-state index contributed by atoms with van der Waals surface area (Å²) in [5.41, 5.74) is 1.85. The third kappa shape index (κ3) is 4.38. The normalized spacial score (nSPS) is 16.2. The maximum absolute atomic E-state index is 12.3. The Morgan fingerprint density at radius 1 is 1.25 bits per heavy atom. The molecular weight excluding hydrogens is 328 g/mol. The van der Waals surface area contributed by atoms with Gasteiger partial charge in [0.05, 0.1) is 11.0 Å². The van der Waals surface area contributed by atoms with Gasteiger partial charge in [-0.15, -0.1) is 0 Å². The third-order valence-corrected chi connectivity index (χ3v) is 4.14. The molecule has 0 bridgehead atoms. The minimum absolute atomic E-state index is 0.289. The molecule has 1 saturated heterocycles. The van der Waals surface area contributed by atoms with Gasteiger partial charge in [0, 0.05) is 19.8 Å². The van der Waals surface area contributed by atoms with Gasteiger partial charge in [0.2, 0.25) is 0 Å². The Balaban J connectivity index is 2.11. The summed E-state index contributed by atoms with van der Waals surface area (Å²) < 4.78 is 4.98. The zero-order valence-corrected chi connectivity index (χ0v) is 14.9. The number of nitrogens with zero attached hydrogens (tertiary/aromatic N) is 2. The molecule has 7 heteroatoms. The van der Waals surface area contributed by atoms with Crippen LogP contribution >= 0.6 is 11.8 Å². The lowest BCUT2D eigenvalue weighted by Crippen LogP contribution is -2.35. The van der Waals surface area contributed by atoms with Crippen molar-refractivity contribution in [1.82, 2.24) is 4.90 Å². The van der Waals surface area contributed by atoms with Gasteiger partial charge in [-0.05, 0) is 49.4 Å². The predicted molar refractivity (Wildman–Crippen MR) is 94.7 cm³/mol. The van der Waals surface area contributed by atoms with Gasteiger partial charge in [-0.1, -0.05) is 12.1 Å². The van der Waals surface area contributed by atoms with Crippen LogP contribution in [0.15, 0.2) is 29.2 Å². The SMILES string of the molecule is CC(C)OC(=O)CN1C(=O)S/C(=C/c2ccc(N(C)C)cc2)C1=O. The number of hydrogen-bond acceptors (Lipinski definition) is 6. The second kappa shape index (κ2) is 7.53. The van der Waals surface area contributed by atoms with E-state index in [9.17, 15) is 14.4 Å². The minimum atomic E-state index is -0.594. The molecule has 1 aromatic carbocycles. The third-order valence-electron chi connectivity index (χ3n) is 3.24. The molecule has 2 amide bonds. The number of amides is 2. The molecule has 0 saturated carbocycles. The zero-order chi connectivity index (χ0) is 17.9.